The van der Waals surface area contributed by atoms with Gasteiger partial charge in [0, 0.05) is 54.8 Å². The van der Waals surface area contributed by atoms with Crippen molar-refractivity contribution in [1.29, 1.82) is 0 Å². The molecule has 4 aromatic rings. The lowest BCUT2D eigenvalue weighted by atomic mass is 9.93. The number of hydrazine groups is 1. The van der Waals surface area contributed by atoms with Gasteiger partial charge in [0.05, 0.1) is 12.0 Å². The molecule has 10 heteroatoms. The summed E-state index contributed by atoms with van der Waals surface area (Å²) in [4.78, 5) is 26.2. The van der Waals surface area contributed by atoms with Crippen molar-refractivity contribution in [3.05, 3.63) is 94.7 Å². The Balaban J connectivity index is 1.33. The number of hydrogen-bond acceptors (Lipinski definition) is 6. The van der Waals surface area contributed by atoms with Crippen LogP contribution in [0.3, 0.4) is 0 Å². The van der Waals surface area contributed by atoms with E-state index in [2.05, 4.69) is 17.1 Å². The van der Waals surface area contributed by atoms with E-state index in [9.17, 15) is 18.0 Å². The van der Waals surface area contributed by atoms with E-state index in [1.54, 1.807) is 43.3 Å². The summed E-state index contributed by atoms with van der Waals surface area (Å²) in [6, 6.07) is 17.1. The SMILES string of the molecule is CCCC1CCN(NC(=O)c2ccc3c(c2)c(Cc2ccc(C(=O)NS(=O)(=O)c4ccccc4C)cc2OC)cn3C)CC1. The number of benzene rings is 3. The van der Waals surface area contributed by atoms with E-state index in [0.29, 0.717) is 23.3 Å². The fourth-order valence-corrected chi connectivity index (χ4v) is 7.26. The molecule has 0 atom stereocenters. The van der Waals surface area contributed by atoms with Crippen LogP contribution in [0, 0.1) is 12.8 Å². The van der Waals surface area contributed by atoms with Crippen molar-refractivity contribution < 1.29 is 22.7 Å². The Morgan fingerprint density at radius 1 is 0.955 bits per heavy atom. The third-order valence-electron chi connectivity index (χ3n) is 8.45. The second-order valence-electron chi connectivity index (χ2n) is 11.6. The fraction of sp³-hybridized carbons (Fsp3) is 0.353. The van der Waals surface area contributed by atoms with Crippen LogP contribution in [0.2, 0.25) is 0 Å². The third-order valence-corrected chi connectivity index (χ3v) is 9.94. The topological polar surface area (TPSA) is 110 Å². The first-order chi connectivity index (χ1) is 21.1. The molecular weight excluding hydrogens is 576 g/mol. The Hall–Kier alpha value is -4.15. The van der Waals surface area contributed by atoms with Crippen molar-refractivity contribution in [3.8, 4) is 5.75 Å². The van der Waals surface area contributed by atoms with Crippen LogP contribution < -0.4 is 14.9 Å². The molecule has 2 heterocycles. The summed E-state index contributed by atoms with van der Waals surface area (Å²) in [5, 5.41) is 2.98. The van der Waals surface area contributed by atoms with Crippen LogP contribution in [0.25, 0.3) is 10.9 Å². The van der Waals surface area contributed by atoms with Crippen LogP contribution in [-0.4, -0.2) is 50.0 Å². The molecule has 0 bridgehead atoms. The first kappa shape index (κ1) is 31.3. The Morgan fingerprint density at radius 3 is 2.36 bits per heavy atom. The highest BCUT2D eigenvalue weighted by Gasteiger charge is 2.23. The summed E-state index contributed by atoms with van der Waals surface area (Å²) in [5.74, 6) is 0.337. The van der Waals surface area contributed by atoms with Crippen LogP contribution in [-0.2, 0) is 23.5 Å². The molecule has 0 unspecified atom stereocenters. The number of aromatic nitrogens is 1. The zero-order valence-corrected chi connectivity index (χ0v) is 26.5. The number of fused-ring (bicyclic) bond motifs is 1. The Kier molecular flexibility index (Phi) is 9.41. The summed E-state index contributed by atoms with van der Waals surface area (Å²) >= 11 is 0. The number of aryl methyl sites for hydroxylation is 2. The zero-order valence-electron chi connectivity index (χ0n) is 25.7. The maximum Gasteiger partial charge on any atom is 0.265 e. The summed E-state index contributed by atoms with van der Waals surface area (Å²) in [6.07, 6.45) is 7.15. The molecule has 0 aliphatic carbocycles. The number of piperidine rings is 1. The Bertz CT molecular complexity index is 1790. The maximum absolute atomic E-state index is 13.2. The minimum absolute atomic E-state index is 0.0532. The highest BCUT2D eigenvalue weighted by atomic mass is 32.2. The number of carbonyl (C=O) groups is 2. The van der Waals surface area contributed by atoms with Gasteiger partial charge in [0.15, 0.2) is 0 Å². The van der Waals surface area contributed by atoms with E-state index in [0.717, 1.165) is 53.9 Å². The number of methoxy groups -OCH3 is 1. The molecule has 1 aromatic heterocycles. The van der Waals surface area contributed by atoms with E-state index < -0.39 is 15.9 Å². The summed E-state index contributed by atoms with van der Waals surface area (Å²) in [6.45, 7) is 5.62. The summed E-state index contributed by atoms with van der Waals surface area (Å²) in [5.41, 5.74) is 7.20. The number of rotatable bonds is 10. The lowest BCUT2D eigenvalue weighted by Gasteiger charge is -2.31. The van der Waals surface area contributed by atoms with Gasteiger partial charge in [-0.3, -0.25) is 15.0 Å². The molecule has 3 aromatic carbocycles. The molecular formula is C34H40N4O5S. The minimum atomic E-state index is -4.04. The fourth-order valence-electron chi connectivity index (χ4n) is 6.04. The normalized spacial score (nSPS) is 14.5. The molecule has 1 saturated heterocycles. The predicted octanol–water partition coefficient (Wildman–Crippen LogP) is 5.36. The number of nitrogens with zero attached hydrogens (tertiary/aromatic N) is 2. The highest BCUT2D eigenvalue weighted by molar-refractivity contribution is 7.90. The number of hydrogen-bond donors (Lipinski definition) is 2. The molecule has 0 spiro atoms. The number of ether oxygens (including phenoxy) is 1. The monoisotopic (exact) mass is 616 g/mol. The van der Waals surface area contributed by atoms with Crippen molar-refractivity contribution in [3.63, 3.8) is 0 Å². The molecule has 0 radical (unpaired) electrons. The molecule has 1 fully saturated rings. The Labute approximate surface area is 259 Å². The molecule has 9 nitrogen and oxygen atoms in total. The Morgan fingerprint density at radius 2 is 1.66 bits per heavy atom. The van der Waals surface area contributed by atoms with Gasteiger partial charge < -0.3 is 9.30 Å². The van der Waals surface area contributed by atoms with Crippen LogP contribution in [0.4, 0.5) is 0 Å². The van der Waals surface area contributed by atoms with Gasteiger partial charge in [-0.15, -0.1) is 0 Å². The number of amides is 2. The lowest BCUT2D eigenvalue weighted by Crippen LogP contribution is -2.46. The molecule has 5 rings (SSSR count). The van der Waals surface area contributed by atoms with Gasteiger partial charge in [-0.1, -0.05) is 44.0 Å². The third kappa shape index (κ3) is 6.81. The quantitative estimate of drug-likeness (QED) is 0.248. The number of sulfonamides is 1. The molecule has 1 aliphatic heterocycles. The first-order valence-electron chi connectivity index (χ1n) is 15.0. The van der Waals surface area contributed by atoms with Crippen LogP contribution >= 0.6 is 0 Å². The molecule has 2 N–H and O–H groups in total. The molecule has 0 saturated carbocycles. The van der Waals surface area contributed by atoms with Gasteiger partial charge in [0.1, 0.15) is 5.75 Å². The number of nitrogens with one attached hydrogen (secondary N) is 2. The second-order valence-corrected chi connectivity index (χ2v) is 13.2. The average Bonchev–Trinajstić information content (AvgIpc) is 3.32. The largest absolute Gasteiger partial charge is 0.496 e. The van der Waals surface area contributed by atoms with E-state index in [1.165, 1.54) is 26.0 Å². The van der Waals surface area contributed by atoms with Crippen LogP contribution in [0.5, 0.6) is 5.75 Å². The smallest absolute Gasteiger partial charge is 0.265 e. The molecule has 44 heavy (non-hydrogen) atoms. The average molecular weight is 617 g/mol. The van der Waals surface area contributed by atoms with E-state index in [1.807, 2.05) is 41.0 Å². The van der Waals surface area contributed by atoms with Crippen molar-refractivity contribution in [2.75, 3.05) is 20.2 Å². The number of carbonyl (C=O) groups excluding carboxylic acids is 2. The minimum Gasteiger partial charge on any atom is -0.496 e. The van der Waals surface area contributed by atoms with Gasteiger partial charge in [-0.05, 0) is 78.8 Å². The molecule has 232 valence electrons. The van der Waals surface area contributed by atoms with Crippen LogP contribution in [0.15, 0.2) is 71.8 Å². The molecule has 1 aliphatic rings. The van der Waals surface area contributed by atoms with Crippen molar-refractivity contribution in [1.82, 2.24) is 19.7 Å². The highest BCUT2D eigenvalue weighted by Crippen LogP contribution is 2.29. The molecule has 2 amide bonds. The van der Waals surface area contributed by atoms with Crippen molar-refractivity contribution >= 4 is 32.7 Å². The van der Waals surface area contributed by atoms with Gasteiger partial charge in [0.25, 0.3) is 21.8 Å². The van der Waals surface area contributed by atoms with Crippen molar-refractivity contribution in [2.45, 2.75) is 50.8 Å². The zero-order chi connectivity index (χ0) is 31.4. The second kappa shape index (κ2) is 13.2. The van der Waals surface area contributed by atoms with Gasteiger partial charge in [0.2, 0.25) is 0 Å². The van der Waals surface area contributed by atoms with Gasteiger partial charge >= 0.3 is 0 Å². The van der Waals surface area contributed by atoms with E-state index >= 15 is 0 Å². The van der Waals surface area contributed by atoms with Gasteiger partial charge in [-0.2, -0.15) is 0 Å². The lowest BCUT2D eigenvalue weighted by molar-refractivity contribution is 0.0696. The van der Waals surface area contributed by atoms with Crippen LogP contribution in [0.1, 0.15) is 70.0 Å². The van der Waals surface area contributed by atoms with Crippen molar-refractivity contribution in [2.24, 2.45) is 13.0 Å². The predicted molar refractivity (Wildman–Crippen MR) is 171 cm³/mol. The van der Waals surface area contributed by atoms with Gasteiger partial charge in [-0.25, -0.2) is 18.1 Å². The standard InChI is InChI=1S/C34H40N4O5S/c1-5-8-24-15-17-38(18-16-24)35-33(39)26-13-14-30-29(20-26)28(22-37(30)3)19-25-11-12-27(21-31(25)43-4)34(40)36-44(41,42)32-10-7-6-9-23(32)2/h6-7,9-14,20-22,24H,5,8,15-19H2,1-4H3,(H,35,39)(H,36,40). The summed E-state index contributed by atoms with van der Waals surface area (Å²) < 4.78 is 35.5. The summed E-state index contributed by atoms with van der Waals surface area (Å²) in [7, 11) is -0.564. The van der Waals surface area contributed by atoms with E-state index in [-0.39, 0.29) is 16.4 Å². The first-order valence-corrected chi connectivity index (χ1v) is 16.5. The maximum atomic E-state index is 13.2. The van der Waals surface area contributed by atoms with E-state index in [4.69, 9.17) is 4.74 Å².